The molecule has 86 valence electrons. The van der Waals surface area contributed by atoms with Crippen LogP contribution in [0.2, 0.25) is 0 Å². The van der Waals surface area contributed by atoms with Gasteiger partial charge < -0.3 is 14.6 Å². The summed E-state index contributed by atoms with van der Waals surface area (Å²) in [6.45, 7) is 0. The third kappa shape index (κ3) is 2.55. The topological polar surface area (TPSA) is 70.7 Å². The first-order valence-electron chi connectivity index (χ1n) is 4.95. The Morgan fingerprint density at radius 2 is 2.06 bits per heavy atom. The minimum atomic E-state index is -0.308. The summed E-state index contributed by atoms with van der Waals surface area (Å²) in [5.41, 5.74) is 0.366. The van der Waals surface area contributed by atoms with E-state index >= 15 is 0 Å². The predicted molar refractivity (Wildman–Crippen MR) is 61.8 cm³/mol. The Morgan fingerprint density at radius 3 is 2.76 bits per heavy atom. The van der Waals surface area contributed by atoms with Gasteiger partial charge in [-0.3, -0.25) is 4.79 Å². The third-order valence-electron chi connectivity index (χ3n) is 2.19. The number of carbonyl (C=O) groups excluding carboxylic acids is 1. The first kappa shape index (κ1) is 11.0. The average Bonchev–Trinajstić information content (AvgIpc) is 2.83. The van der Waals surface area contributed by atoms with E-state index in [0.29, 0.717) is 5.56 Å². The minimum Gasteiger partial charge on any atom is -0.508 e. The maximum absolute atomic E-state index is 11.6. The molecule has 1 aromatic carbocycles. The molecule has 0 atom stereocenters. The van der Waals surface area contributed by atoms with Crippen molar-refractivity contribution >= 4 is 11.9 Å². The van der Waals surface area contributed by atoms with Crippen LogP contribution in [0.4, 0.5) is 0 Å². The van der Waals surface area contributed by atoms with Crippen molar-refractivity contribution in [2.24, 2.45) is 0 Å². The maximum Gasteiger partial charge on any atom is 0.221 e. The lowest BCUT2D eigenvalue weighted by Crippen LogP contribution is -1.90. The molecule has 2 N–H and O–H groups in total. The SMILES string of the molecule is O=C(/C=C/c1cc(O)ccc1O)c1ccco1. The van der Waals surface area contributed by atoms with Gasteiger partial charge in [-0.05, 0) is 42.5 Å². The lowest BCUT2D eigenvalue weighted by Gasteiger charge is -1.99. The standard InChI is InChI=1S/C13H10O4/c14-10-4-6-11(15)9(8-10)3-5-12(16)13-2-1-7-17-13/h1-8,14-15H/b5-3+. The summed E-state index contributed by atoms with van der Waals surface area (Å²) in [6.07, 6.45) is 4.10. The second-order valence-corrected chi connectivity index (χ2v) is 3.42. The van der Waals surface area contributed by atoms with Crippen LogP contribution in [0.5, 0.6) is 11.5 Å². The third-order valence-corrected chi connectivity index (χ3v) is 2.19. The molecule has 2 rings (SSSR count). The van der Waals surface area contributed by atoms with Crippen LogP contribution in [0.25, 0.3) is 6.08 Å². The number of aromatic hydroxyl groups is 2. The Kier molecular flexibility index (Phi) is 2.96. The smallest absolute Gasteiger partial charge is 0.221 e. The Hall–Kier alpha value is -2.49. The Balaban J connectivity index is 2.21. The second kappa shape index (κ2) is 4.57. The summed E-state index contributed by atoms with van der Waals surface area (Å²) in [4.78, 5) is 11.6. The van der Waals surface area contributed by atoms with Crippen LogP contribution >= 0.6 is 0 Å². The van der Waals surface area contributed by atoms with Gasteiger partial charge in [0.2, 0.25) is 5.78 Å². The van der Waals surface area contributed by atoms with Gasteiger partial charge in [-0.2, -0.15) is 0 Å². The van der Waals surface area contributed by atoms with E-state index in [1.807, 2.05) is 0 Å². The van der Waals surface area contributed by atoms with Crippen LogP contribution in [-0.4, -0.2) is 16.0 Å². The van der Waals surface area contributed by atoms with Crippen molar-refractivity contribution in [3.63, 3.8) is 0 Å². The molecule has 0 saturated heterocycles. The highest BCUT2D eigenvalue weighted by Crippen LogP contribution is 2.23. The molecule has 0 radical (unpaired) electrons. The molecule has 1 heterocycles. The number of phenolic OH excluding ortho intramolecular Hbond substituents is 2. The molecule has 0 amide bonds. The largest absolute Gasteiger partial charge is 0.508 e. The normalized spacial score (nSPS) is 10.8. The zero-order chi connectivity index (χ0) is 12.3. The van der Waals surface area contributed by atoms with Crippen molar-refractivity contribution in [3.05, 3.63) is 54.0 Å². The van der Waals surface area contributed by atoms with E-state index in [9.17, 15) is 15.0 Å². The van der Waals surface area contributed by atoms with E-state index in [1.165, 1.54) is 36.6 Å². The van der Waals surface area contributed by atoms with E-state index in [4.69, 9.17) is 4.42 Å². The molecule has 4 heteroatoms. The van der Waals surface area contributed by atoms with Crippen LogP contribution in [0.15, 0.2) is 47.1 Å². The number of phenols is 2. The number of rotatable bonds is 3. The molecule has 1 aromatic heterocycles. The maximum atomic E-state index is 11.6. The van der Waals surface area contributed by atoms with Gasteiger partial charge in [0.15, 0.2) is 5.76 Å². The van der Waals surface area contributed by atoms with Crippen LogP contribution in [0.3, 0.4) is 0 Å². The molecule has 2 aromatic rings. The predicted octanol–water partition coefficient (Wildman–Crippen LogP) is 2.59. The van der Waals surface area contributed by atoms with Crippen molar-refractivity contribution in [1.29, 1.82) is 0 Å². The van der Waals surface area contributed by atoms with Gasteiger partial charge in [-0.25, -0.2) is 0 Å². The van der Waals surface area contributed by atoms with Crippen molar-refractivity contribution in [2.75, 3.05) is 0 Å². The number of hydrogen-bond acceptors (Lipinski definition) is 4. The number of carbonyl (C=O) groups is 1. The first-order chi connectivity index (χ1) is 8.16. The molecule has 0 saturated carbocycles. The zero-order valence-corrected chi connectivity index (χ0v) is 8.83. The number of ketones is 1. The van der Waals surface area contributed by atoms with Crippen LogP contribution in [-0.2, 0) is 0 Å². The van der Waals surface area contributed by atoms with Crippen molar-refractivity contribution in [1.82, 2.24) is 0 Å². The van der Waals surface area contributed by atoms with Crippen molar-refractivity contribution in [3.8, 4) is 11.5 Å². The number of benzene rings is 1. The highest BCUT2D eigenvalue weighted by molar-refractivity contribution is 6.05. The molecule has 0 aliphatic rings. The fraction of sp³-hybridized carbons (Fsp3) is 0. The van der Waals surface area contributed by atoms with Gasteiger partial charge in [0.05, 0.1) is 6.26 Å². The van der Waals surface area contributed by atoms with Crippen LogP contribution in [0, 0.1) is 0 Å². The van der Waals surface area contributed by atoms with Crippen molar-refractivity contribution < 1.29 is 19.4 Å². The van der Waals surface area contributed by atoms with E-state index in [-0.39, 0.29) is 23.0 Å². The van der Waals surface area contributed by atoms with Gasteiger partial charge in [0, 0.05) is 5.56 Å². The quantitative estimate of drug-likeness (QED) is 0.483. The highest BCUT2D eigenvalue weighted by atomic mass is 16.3. The molecule has 0 aliphatic heterocycles. The fourth-order valence-corrected chi connectivity index (χ4v) is 1.34. The Morgan fingerprint density at radius 1 is 1.24 bits per heavy atom. The Bertz CT molecular complexity index is 553. The van der Waals surface area contributed by atoms with E-state index in [2.05, 4.69) is 0 Å². The minimum absolute atomic E-state index is 0.00806. The molecular weight excluding hydrogens is 220 g/mol. The lowest BCUT2D eigenvalue weighted by atomic mass is 10.1. The molecule has 0 fully saturated rings. The molecule has 4 nitrogen and oxygen atoms in total. The summed E-state index contributed by atoms with van der Waals surface area (Å²) in [5.74, 6) is -0.0715. The molecule has 0 aliphatic carbocycles. The summed E-state index contributed by atoms with van der Waals surface area (Å²) in [5, 5.41) is 18.7. The summed E-state index contributed by atoms with van der Waals surface area (Å²) in [6, 6.07) is 7.25. The molecule has 0 bridgehead atoms. The molecule has 0 spiro atoms. The number of hydrogen-bond donors (Lipinski definition) is 2. The Labute approximate surface area is 97.4 Å². The monoisotopic (exact) mass is 230 g/mol. The highest BCUT2D eigenvalue weighted by Gasteiger charge is 2.05. The van der Waals surface area contributed by atoms with Crippen LogP contribution < -0.4 is 0 Å². The lowest BCUT2D eigenvalue weighted by molar-refractivity contribution is 0.102. The molecule has 17 heavy (non-hydrogen) atoms. The summed E-state index contributed by atoms with van der Waals surface area (Å²) >= 11 is 0. The van der Waals surface area contributed by atoms with E-state index in [1.54, 1.807) is 12.1 Å². The molecular formula is C13H10O4. The second-order valence-electron chi connectivity index (χ2n) is 3.42. The van der Waals surface area contributed by atoms with E-state index < -0.39 is 0 Å². The van der Waals surface area contributed by atoms with E-state index in [0.717, 1.165) is 0 Å². The van der Waals surface area contributed by atoms with Gasteiger partial charge in [0.25, 0.3) is 0 Å². The first-order valence-corrected chi connectivity index (χ1v) is 4.95. The van der Waals surface area contributed by atoms with Gasteiger partial charge in [-0.15, -0.1) is 0 Å². The van der Waals surface area contributed by atoms with Crippen LogP contribution in [0.1, 0.15) is 16.1 Å². The summed E-state index contributed by atoms with van der Waals surface area (Å²) < 4.78 is 4.92. The molecule has 0 unspecified atom stereocenters. The average molecular weight is 230 g/mol. The number of furan rings is 1. The van der Waals surface area contributed by atoms with Gasteiger partial charge >= 0.3 is 0 Å². The number of allylic oxidation sites excluding steroid dienone is 1. The van der Waals surface area contributed by atoms with Crippen molar-refractivity contribution in [2.45, 2.75) is 0 Å². The zero-order valence-electron chi connectivity index (χ0n) is 8.83. The summed E-state index contributed by atoms with van der Waals surface area (Å²) in [7, 11) is 0. The fourth-order valence-electron chi connectivity index (χ4n) is 1.34. The van der Waals surface area contributed by atoms with Gasteiger partial charge in [-0.1, -0.05) is 0 Å². The van der Waals surface area contributed by atoms with Gasteiger partial charge in [0.1, 0.15) is 11.5 Å².